The van der Waals surface area contributed by atoms with Gasteiger partial charge in [-0.15, -0.1) is 0 Å². The van der Waals surface area contributed by atoms with Crippen LogP contribution in [0.3, 0.4) is 0 Å². The van der Waals surface area contributed by atoms with Gasteiger partial charge in [-0.05, 0) is 12.1 Å². The van der Waals surface area contributed by atoms with Crippen molar-refractivity contribution in [1.29, 1.82) is 0 Å². The third kappa shape index (κ3) is 2.33. The standard InChI is InChI=1S/C13H10ClNO/c14-13-11(6-3-4-8-16)9-10-5-1-2-7-12(10)15-13/h1-2,5,7,9,16H,4,8H2. The summed E-state index contributed by atoms with van der Waals surface area (Å²) in [5.41, 5.74) is 1.56. The number of aliphatic hydroxyl groups excluding tert-OH is 1. The third-order valence-corrected chi connectivity index (χ3v) is 2.43. The number of aliphatic hydroxyl groups is 1. The van der Waals surface area contributed by atoms with Crippen LogP contribution in [-0.4, -0.2) is 16.7 Å². The Kier molecular flexibility index (Phi) is 3.40. The molecule has 0 amide bonds. The van der Waals surface area contributed by atoms with Crippen molar-refractivity contribution >= 4 is 22.5 Å². The van der Waals surface area contributed by atoms with Crippen molar-refractivity contribution in [3.05, 3.63) is 41.0 Å². The summed E-state index contributed by atoms with van der Waals surface area (Å²) in [6, 6.07) is 9.66. The maximum Gasteiger partial charge on any atom is 0.145 e. The highest BCUT2D eigenvalue weighted by Gasteiger charge is 2.01. The van der Waals surface area contributed by atoms with Gasteiger partial charge in [0.15, 0.2) is 0 Å². The van der Waals surface area contributed by atoms with Crippen LogP contribution in [-0.2, 0) is 0 Å². The van der Waals surface area contributed by atoms with Crippen LogP contribution in [0.5, 0.6) is 0 Å². The van der Waals surface area contributed by atoms with Crippen molar-refractivity contribution in [2.75, 3.05) is 6.61 Å². The van der Waals surface area contributed by atoms with E-state index >= 15 is 0 Å². The lowest BCUT2D eigenvalue weighted by Gasteiger charge is -1.99. The van der Waals surface area contributed by atoms with Crippen LogP contribution in [0.2, 0.25) is 5.15 Å². The number of pyridine rings is 1. The van der Waals surface area contributed by atoms with E-state index in [4.69, 9.17) is 16.7 Å². The predicted molar refractivity (Wildman–Crippen MR) is 65.3 cm³/mol. The van der Waals surface area contributed by atoms with Crippen molar-refractivity contribution in [1.82, 2.24) is 4.98 Å². The maximum absolute atomic E-state index is 8.63. The van der Waals surface area contributed by atoms with Crippen molar-refractivity contribution in [3.63, 3.8) is 0 Å². The molecule has 16 heavy (non-hydrogen) atoms. The molecule has 0 aliphatic carbocycles. The van der Waals surface area contributed by atoms with Gasteiger partial charge >= 0.3 is 0 Å². The van der Waals surface area contributed by atoms with E-state index < -0.39 is 0 Å². The molecule has 0 aliphatic heterocycles. The van der Waals surface area contributed by atoms with Crippen LogP contribution in [0.15, 0.2) is 30.3 Å². The molecule has 0 unspecified atom stereocenters. The van der Waals surface area contributed by atoms with E-state index in [0.29, 0.717) is 17.1 Å². The quantitative estimate of drug-likeness (QED) is 0.605. The number of nitrogens with zero attached hydrogens (tertiary/aromatic N) is 1. The lowest BCUT2D eigenvalue weighted by molar-refractivity contribution is 0.305. The number of benzene rings is 1. The molecule has 0 fully saturated rings. The molecule has 2 aromatic rings. The van der Waals surface area contributed by atoms with Gasteiger partial charge < -0.3 is 5.11 Å². The first-order chi connectivity index (χ1) is 7.81. The van der Waals surface area contributed by atoms with E-state index in [0.717, 1.165) is 10.9 Å². The van der Waals surface area contributed by atoms with Crippen LogP contribution in [0, 0.1) is 11.8 Å². The highest BCUT2D eigenvalue weighted by Crippen LogP contribution is 2.19. The SMILES string of the molecule is OCCC#Cc1cc2ccccc2nc1Cl. The van der Waals surface area contributed by atoms with Gasteiger partial charge in [0.2, 0.25) is 0 Å². The molecule has 2 nitrogen and oxygen atoms in total. The minimum absolute atomic E-state index is 0.0611. The number of fused-ring (bicyclic) bond motifs is 1. The largest absolute Gasteiger partial charge is 0.395 e. The summed E-state index contributed by atoms with van der Waals surface area (Å²) in [7, 11) is 0. The predicted octanol–water partition coefficient (Wildman–Crippen LogP) is 2.62. The molecule has 0 radical (unpaired) electrons. The van der Waals surface area contributed by atoms with Crippen molar-refractivity contribution in [3.8, 4) is 11.8 Å². The number of aromatic nitrogens is 1. The molecule has 0 spiro atoms. The number of para-hydroxylation sites is 1. The molecular weight excluding hydrogens is 222 g/mol. The number of hydrogen-bond acceptors (Lipinski definition) is 2. The van der Waals surface area contributed by atoms with Gasteiger partial charge in [-0.3, -0.25) is 0 Å². The van der Waals surface area contributed by atoms with E-state index in [1.807, 2.05) is 30.3 Å². The van der Waals surface area contributed by atoms with Crippen LogP contribution >= 0.6 is 11.6 Å². The van der Waals surface area contributed by atoms with E-state index in [1.165, 1.54) is 0 Å². The van der Waals surface area contributed by atoms with E-state index in [2.05, 4.69) is 16.8 Å². The topological polar surface area (TPSA) is 33.1 Å². The van der Waals surface area contributed by atoms with E-state index in [1.54, 1.807) is 0 Å². The molecular formula is C13H10ClNO. The van der Waals surface area contributed by atoms with Crippen LogP contribution in [0.1, 0.15) is 12.0 Å². The van der Waals surface area contributed by atoms with Gasteiger partial charge in [0, 0.05) is 11.8 Å². The molecule has 80 valence electrons. The summed E-state index contributed by atoms with van der Waals surface area (Å²) in [6.45, 7) is 0.0611. The number of rotatable bonds is 1. The van der Waals surface area contributed by atoms with Crippen LogP contribution in [0.4, 0.5) is 0 Å². The molecule has 0 saturated heterocycles. The summed E-state index contributed by atoms with van der Waals surface area (Å²) in [4.78, 5) is 4.25. The van der Waals surface area contributed by atoms with Crippen molar-refractivity contribution in [2.24, 2.45) is 0 Å². The fourth-order valence-electron chi connectivity index (χ4n) is 1.39. The fourth-order valence-corrected chi connectivity index (χ4v) is 1.59. The minimum atomic E-state index is 0.0611. The number of hydrogen-bond donors (Lipinski definition) is 1. The normalized spacial score (nSPS) is 9.88. The summed E-state index contributed by atoms with van der Waals surface area (Å²) in [5, 5.41) is 10.1. The zero-order valence-electron chi connectivity index (χ0n) is 8.57. The van der Waals surface area contributed by atoms with Crippen LogP contribution < -0.4 is 0 Å². The maximum atomic E-state index is 8.63. The Labute approximate surface area is 98.9 Å². The van der Waals surface area contributed by atoms with Gasteiger partial charge in [-0.25, -0.2) is 4.98 Å². The molecule has 3 heteroatoms. The molecule has 0 bridgehead atoms. The molecule has 2 rings (SSSR count). The van der Waals surface area contributed by atoms with E-state index in [-0.39, 0.29) is 6.61 Å². The minimum Gasteiger partial charge on any atom is -0.395 e. The fraction of sp³-hybridized carbons (Fsp3) is 0.154. The Morgan fingerprint density at radius 1 is 1.31 bits per heavy atom. The monoisotopic (exact) mass is 231 g/mol. The van der Waals surface area contributed by atoms with E-state index in [9.17, 15) is 0 Å². The third-order valence-electron chi connectivity index (χ3n) is 2.14. The first-order valence-electron chi connectivity index (χ1n) is 4.96. The zero-order chi connectivity index (χ0) is 11.4. The molecule has 0 atom stereocenters. The Bertz CT molecular complexity index is 569. The second kappa shape index (κ2) is 4.98. The second-order valence-electron chi connectivity index (χ2n) is 3.29. The summed E-state index contributed by atoms with van der Waals surface area (Å²) in [5.74, 6) is 5.73. The molecule has 0 aliphatic rings. The lowest BCUT2D eigenvalue weighted by Crippen LogP contribution is -1.85. The lowest BCUT2D eigenvalue weighted by atomic mass is 10.1. The first kappa shape index (κ1) is 10.9. The van der Waals surface area contributed by atoms with Gasteiger partial charge in [0.1, 0.15) is 5.15 Å². The Morgan fingerprint density at radius 3 is 2.94 bits per heavy atom. The smallest absolute Gasteiger partial charge is 0.145 e. The van der Waals surface area contributed by atoms with Crippen molar-refractivity contribution < 1.29 is 5.11 Å². The highest BCUT2D eigenvalue weighted by molar-refractivity contribution is 6.31. The average molecular weight is 232 g/mol. The molecule has 0 saturated carbocycles. The van der Waals surface area contributed by atoms with Crippen LogP contribution in [0.25, 0.3) is 10.9 Å². The first-order valence-corrected chi connectivity index (χ1v) is 5.34. The summed E-state index contributed by atoms with van der Waals surface area (Å²) < 4.78 is 0. The Morgan fingerprint density at radius 2 is 2.12 bits per heavy atom. The Balaban J connectivity index is 2.47. The average Bonchev–Trinajstić information content (AvgIpc) is 2.30. The Hall–Kier alpha value is -1.56. The van der Waals surface area contributed by atoms with Gasteiger partial charge in [0.05, 0.1) is 17.7 Å². The second-order valence-corrected chi connectivity index (χ2v) is 3.65. The summed E-state index contributed by atoms with van der Waals surface area (Å²) in [6.07, 6.45) is 0.448. The highest BCUT2D eigenvalue weighted by atomic mass is 35.5. The molecule has 1 N–H and O–H groups in total. The van der Waals surface area contributed by atoms with Crippen molar-refractivity contribution in [2.45, 2.75) is 6.42 Å². The van der Waals surface area contributed by atoms with Gasteiger partial charge in [-0.1, -0.05) is 41.6 Å². The molecule has 1 heterocycles. The number of halogens is 1. The summed E-state index contributed by atoms with van der Waals surface area (Å²) >= 11 is 6.01. The van der Waals surface area contributed by atoms with Gasteiger partial charge in [0.25, 0.3) is 0 Å². The molecule has 1 aromatic carbocycles. The zero-order valence-corrected chi connectivity index (χ0v) is 9.33. The van der Waals surface area contributed by atoms with Gasteiger partial charge in [-0.2, -0.15) is 0 Å². The molecule has 1 aromatic heterocycles.